The van der Waals surface area contributed by atoms with Gasteiger partial charge in [-0.3, -0.25) is 37.3 Å². The summed E-state index contributed by atoms with van der Waals surface area (Å²) in [6.07, 6.45) is 67.2. The van der Waals surface area contributed by atoms with Crippen molar-refractivity contribution in [3.63, 3.8) is 0 Å². The number of carbonyl (C=O) groups excluding carboxylic acids is 4. The van der Waals surface area contributed by atoms with Crippen molar-refractivity contribution in [2.24, 2.45) is 0 Å². The van der Waals surface area contributed by atoms with Gasteiger partial charge in [-0.2, -0.15) is 0 Å². The van der Waals surface area contributed by atoms with Gasteiger partial charge in [-0.1, -0.05) is 341 Å². The van der Waals surface area contributed by atoms with Gasteiger partial charge in [0, 0.05) is 25.7 Å². The first-order valence-electron chi connectivity index (χ1n) is 40.6. The maximum atomic E-state index is 13.1. The van der Waals surface area contributed by atoms with E-state index in [4.69, 9.17) is 37.0 Å². The molecule has 0 bridgehead atoms. The molecule has 0 fully saturated rings. The number of unbranched alkanes of at least 4 members (excludes halogenated alkanes) is 48. The number of allylic oxidation sites excluding steroid dienone is 4. The number of aliphatic hydroxyl groups is 1. The van der Waals surface area contributed by atoms with E-state index in [1.54, 1.807) is 0 Å². The lowest BCUT2D eigenvalue weighted by atomic mass is 10.0. The lowest BCUT2D eigenvalue weighted by Crippen LogP contribution is -2.30. The van der Waals surface area contributed by atoms with Gasteiger partial charge in [-0.05, 0) is 57.8 Å². The van der Waals surface area contributed by atoms with Crippen LogP contribution in [-0.2, 0) is 65.4 Å². The van der Waals surface area contributed by atoms with Gasteiger partial charge in [0.25, 0.3) is 0 Å². The SMILES string of the molecule is CCCCC/C=C\C/C=C\CCCCCCCC(=O)O[C@H](COC(=O)CCCCCCCCCCCCCCCCCCC)COP(=O)(O)OC[C@H](O)COP(=O)(O)OC[C@@H](COC(=O)CCCCCCCCCCCCCCC)OC(=O)CCCCCCCCCCCCCCC. The van der Waals surface area contributed by atoms with Gasteiger partial charge >= 0.3 is 39.5 Å². The van der Waals surface area contributed by atoms with Crippen LogP contribution in [0.2, 0.25) is 0 Å². The highest BCUT2D eigenvalue weighted by molar-refractivity contribution is 7.47. The van der Waals surface area contributed by atoms with Crippen LogP contribution in [0.1, 0.15) is 400 Å². The third-order valence-electron chi connectivity index (χ3n) is 17.9. The number of hydrogen-bond acceptors (Lipinski definition) is 15. The Bertz CT molecular complexity index is 1950. The van der Waals surface area contributed by atoms with Crippen LogP contribution < -0.4 is 0 Å². The standard InChI is InChI=1S/C79H150O17P2/c1-5-9-13-17-21-25-29-33-35-36-38-41-44-48-52-56-60-64-77(82)90-70-75(96-79(84)66-62-58-54-50-46-42-37-34-30-26-22-18-14-10-6-2)72-94-98(87,88)92-68-73(80)67-91-97(85,86)93-71-74(95-78(83)65-61-57-53-49-45-40-32-28-24-20-16-12-8-4)69-89-76(81)63-59-55-51-47-43-39-31-27-23-19-15-11-7-3/h22,26,34,37,73-75,80H,5-21,23-25,27-33,35-36,38-72H2,1-4H3,(H,85,86)(H,87,88)/b26-22-,37-34-/t73-,74-,75-/m1/s1. The van der Waals surface area contributed by atoms with E-state index in [2.05, 4.69) is 52.0 Å². The minimum Gasteiger partial charge on any atom is -0.462 e. The second-order valence-electron chi connectivity index (χ2n) is 27.7. The predicted octanol–water partition coefficient (Wildman–Crippen LogP) is 23.3. The molecule has 0 saturated carbocycles. The van der Waals surface area contributed by atoms with Crippen LogP contribution in [0, 0.1) is 0 Å². The molecule has 0 saturated heterocycles. The number of carbonyl (C=O) groups is 4. The normalized spacial score (nSPS) is 14.0. The Balaban J connectivity index is 5.28. The summed E-state index contributed by atoms with van der Waals surface area (Å²) in [7, 11) is -9.93. The Morgan fingerprint density at radius 2 is 0.500 bits per heavy atom. The van der Waals surface area contributed by atoms with Crippen LogP contribution in [0.15, 0.2) is 24.3 Å². The topological polar surface area (TPSA) is 237 Å². The molecule has 578 valence electrons. The maximum Gasteiger partial charge on any atom is 0.472 e. The minimum absolute atomic E-state index is 0.0878. The van der Waals surface area contributed by atoms with E-state index in [0.29, 0.717) is 25.7 Å². The highest BCUT2D eigenvalue weighted by Crippen LogP contribution is 2.45. The zero-order valence-electron chi connectivity index (χ0n) is 63.2. The van der Waals surface area contributed by atoms with E-state index in [-0.39, 0.29) is 25.7 Å². The summed E-state index contributed by atoms with van der Waals surface area (Å²) in [4.78, 5) is 72.9. The first kappa shape index (κ1) is 95.5. The molecular formula is C79H150O17P2. The Kier molecular flexibility index (Phi) is 71.0. The van der Waals surface area contributed by atoms with Crippen molar-refractivity contribution in [2.75, 3.05) is 39.6 Å². The number of aliphatic hydroxyl groups excluding tert-OH is 1. The van der Waals surface area contributed by atoms with E-state index in [0.717, 1.165) is 109 Å². The molecule has 0 aliphatic rings. The largest absolute Gasteiger partial charge is 0.472 e. The molecule has 0 aliphatic carbocycles. The summed E-state index contributed by atoms with van der Waals surface area (Å²) < 4.78 is 68.6. The lowest BCUT2D eigenvalue weighted by molar-refractivity contribution is -0.161. The lowest BCUT2D eigenvalue weighted by Gasteiger charge is -2.21. The number of rotatable bonds is 78. The third kappa shape index (κ3) is 71.9. The first-order valence-corrected chi connectivity index (χ1v) is 43.6. The fourth-order valence-electron chi connectivity index (χ4n) is 11.7. The van der Waals surface area contributed by atoms with Crippen LogP contribution in [-0.4, -0.2) is 96.7 Å². The highest BCUT2D eigenvalue weighted by Gasteiger charge is 2.30. The molecule has 0 aromatic rings. The van der Waals surface area contributed by atoms with E-state index < -0.39 is 97.5 Å². The van der Waals surface area contributed by atoms with Crippen molar-refractivity contribution < 1.29 is 80.2 Å². The predicted molar refractivity (Wildman–Crippen MR) is 400 cm³/mol. The summed E-state index contributed by atoms with van der Waals surface area (Å²) in [5.41, 5.74) is 0. The summed E-state index contributed by atoms with van der Waals surface area (Å²) in [5.74, 6) is -2.13. The summed E-state index contributed by atoms with van der Waals surface area (Å²) in [6, 6.07) is 0. The molecule has 0 spiro atoms. The molecule has 19 heteroatoms. The molecule has 0 amide bonds. The van der Waals surface area contributed by atoms with Gasteiger partial charge in [-0.25, -0.2) is 9.13 Å². The fourth-order valence-corrected chi connectivity index (χ4v) is 13.3. The van der Waals surface area contributed by atoms with Gasteiger partial charge in [0.05, 0.1) is 26.4 Å². The van der Waals surface area contributed by atoms with Crippen LogP contribution in [0.25, 0.3) is 0 Å². The average Bonchev–Trinajstić information content (AvgIpc) is 1.02. The number of ether oxygens (including phenoxy) is 4. The van der Waals surface area contributed by atoms with Gasteiger partial charge in [0.15, 0.2) is 12.2 Å². The molecule has 3 N–H and O–H groups in total. The number of hydrogen-bond donors (Lipinski definition) is 3. The zero-order valence-corrected chi connectivity index (χ0v) is 65.0. The van der Waals surface area contributed by atoms with Crippen molar-refractivity contribution in [1.82, 2.24) is 0 Å². The number of phosphoric ester groups is 2. The number of esters is 4. The van der Waals surface area contributed by atoms with Gasteiger partial charge < -0.3 is 33.8 Å². The number of phosphoric acid groups is 2. The molecular weight excluding hydrogens is 1280 g/mol. The van der Waals surface area contributed by atoms with Crippen LogP contribution in [0.5, 0.6) is 0 Å². The van der Waals surface area contributed by atoms with Gasteiger partial charge in [-0.15, -0.1) is 0 Å². The van der Waals surface area contributed by atoms with E-state index >= 15 is 0 Å². The van der Waals surface area contributed by atoms with Crippen LogP contribution in [0.3, 0.4) is 0 Å². The van der Waals surface area contributed by atoms with Crippen molar-refractivity contribution >= 4 is 39.5 Å². The molecule has 0 aromatic heterocycles. The first-order chi connectivity index (χ1) is 47.7. The smallest absolute Gasteiger partial charge is 0.462 e. The van der Waals surface area contributed by atoms with E-state index in [1.165, 1.54) is 212 Å². The summed E-state index contributed by atoms with van der Waals surface area (Å²) in [6.45, 7) is 4.95. The van der Waals surface area contributed by atoms with Crippen molar-refractivity contribution in [3.8, 4) is 0 Å². The molecule has 0 aromatic carbocycles. The Morgan fingerprint density at radius 1 is 0.286 bits per heavy atom. The third-order valence-corrected chi connectivity index (χ3v) is 19.9. The highest BCUT2D eigenvalue weighted by atomic mass is 31.2. The van der Waals surface area contributed by atoms with Crippen molar-refractivity contribution in [2.45, 2.75) is 418 Å². The zero-order chi connectivity index (χ0) is 71.8. The molecule has 0 rings (SSSR count). The Morgan fingerprint density at radius 3 is 0.776 bits per heavy atom. The molecule has 98 heavy (non-hydrogen) atoms. The molecule has 0 radical (unpaired) electrons. The van der Waals surface area contributed by atoms with Crippen LogP contribution >= 0.6 is 15.6 Å². The van der Waals surface area contributed by atoms with Crippen molar-refractivity contribution in [1.29, 1.82) is 0 Å². The summed E-state index contributed by atoms with van der Waals surface area (Å²) >= 11 is 0. The maximum absolute atomic E-state index is 13.1. The molecule has 2 unspecified atom stereocenters. The van der Waals surface area contributed by atoms with Gasteiger partial charge in [0.1, 0.15) is 19.3 Å². The fraction of sp³-hybridized carbons (Fsp3) is 0.899. The molecule has 5 atom stereocenters. The Hall–Kier alpha value is -2.46. The van der Waals surface area contributed by atoms with Crippen LogP contribution in [0.4, 0.5) is 0 Å². The van der Waals surface area contributed by atoms with E-state index in [9.17, 15) is 43.2 Å². The minimum atomic E-state index is -4.97. The average molecular weight is 1430 g/mol. The van der Waals surface area contributed by atoms with E-state index in [1.807, 2.05) is 0 Å². The molecule has 17 nitrogen and oxygen atoms in total. The molecule has 0 heterocycles. The van der Waals surface area contributed by atoms with Gasteiger partial charge in [0.2, 0.25) is 0 Å². The second kappa shape index (κ2) is 72.9. The quantitative estimate of drug-likeness (QED) is 0.0169. The Labute approximate surface area is 599 Å². The second-order valence-corrected chi connectivity index (χ2v) is 30.6. The van der Waals surface area contributed by atoms with Crippen molar-refractivity contribution in [3.05, 3.63) is 24.3 Å². The summed E-state index contributed by atoms with van der Waals surface area (Å²) in [5, 5.41) is 10.6. The molecule has 0 aliphatic heterocycles. The monoisotopic (exact) mass is 1430 g/mol.